The molecule has 0 aliphatic carbocycles. The van der Waals surface area contributed by atoms with E-state index in [9.17, 15) is 9.59 Å². The van der Waals surface area contributed by atoms with E-state index in [0.29, 0.717) is 44.5 Å². The summed E-state index contributed by atoms with van der Waals surface area (Å²) in [6.07, 6.45) is 2.07. The zero-order valence-electron chi connectivity index (χ0n) is 14.7. The molecular formula is C18H21N5O4. The molecule has 27 heavy (non-hydrogen) atoms. The zero-order chi connectivity index (χ0) is 19.1. The Hall–Kier alpha value is -3.36. The third-order valence-corrected chi connectivity index (χ3v) is 4.17. The molecule has 9 heteroatoms. The van der Waals surface area contributed by atoms with Gasteiger partial charge in [0.25, 0.3) is 0 Å². The molecular weight excluding hydrogens is 350 g/mol. The lowest BCUT2D eigenvalue weighted by Crippen LogP contribution is -2.51. The smallest absolute Gasteiger partial charge is 0.405 e. The van der Waals surface area contributed by atoms with Gasteiger partial charge in [-0.3, -0.25) is 4.79 Å². The van der Waals surface area contributed by atoms with Crippen LogP contribution in [0.5, 0.6) is 5.75 Å². The first-order valence-electron chi connectivity index (χ1n) is 8.60. The highest BCUT2D eigenvalue weighted by Crippen LogP contribution is 2.15. The van der Waals surface area contributed by atoms with Crippen molar-refractivity contribution in [3.63, 3.8) is 0 Å². The molecule has 0 unspecified atom stereocenters. The second kappa shape index (κ2) is 8.84. The number of aromatic nitrogens is 2. The van der Waals surface area contributed by atoms with Crippen LogP contribution in [0, 0.1) is 0 Å². The summed E-state index contributed by atoms with van der Waals surface area (Å²) < 4.78 is 5.68. The van der Waals surface area contributed by atoms with Gasteiger partial charge in [0, 0.05) is 26.2 Å². The van der Waals surface area contributed by atoms with E-state index >= 15 is 0 Å². The number of nitrogens with zero attached hydrogens (tertiary/aromatic N) is 4. The number of rotatable bonds is 6. The molecule has 1 fully saturated rings. The molecule has 9 nitrogen and oxygen atoms in total. The van der Waals surface area contributed by atoms with Crippen molar-refractivity contribution < 1.29 is 19.4 Å². The third-order valence-electron chi connectivity index (χ3n) is 4.17. The van der Waals surface area contributed by atoms with E-state index in [2.05, 4.69) is 15.3 Å². The van der Waals surface area contributed by atoms with Crippen molar-refractivity contribution in [2.24, 2.45) is 0 Å². The molecule has 0 radical (unpaired) electrons. The molecule has 0 spiro atoms. The fourth-order valence-corrected chi connectivity index (χ4v) is 2.71. The SMILES string of the molecule is O=C(O)NCC(=O)N1CCN(c2ncc(OCc3ccccc3)cn2)CC1. The highest BCUT2D eigenvalue weighted by atomic mass is 16.5. The largest absolute Gasteiger partial charge is 0.486 e. The minimum absolute atomic E-state index is 0.209. The summed E-state index contributed by atoms with van der Waals surface area (Å²) in [7, 11) is 0. The molecule has 0 atom stereocenters. The Balaban J connectivity index is 1.47. The Morgan fingerprint density at radius 3 is 2.37 bits per heavy atom. The Morgan fingerprint density at radius 1 is 1.07 bits per heavy atom. The van der Waals surface area contributed by atoms with E-state index in [1.165, 1.54) is 0 Å². The summed E-state index contributed by atoms with van der Waals surface area (Å²) in [5.74, 6) is 0.941. The molecule has 0 bridgehead atoms. The fourth-order valence-electron chi connectivity index (χ4n) is 2.71. The average Bonchev–Trinajstić information content (AvgIpc) is 2.72. The maximum Gasteiger partial charge on any atom is 0.405 e. The number of carbonyl (C=O) groups is 2. The van der Waals surface area contributed by atoms with Crippen LogP contribution in [0.3, 0.4) is 0 Å². The van der Waals surface area contributed by atoms with Crippen LogP contribution in [-0.2, 0) is 11.4 Å². The molecule has 3 rings (SSSR count). The van der Waals surface area contributed by atoms with Crippen LogP contribution in [0.4, 0.5) is 10.7 Å². The Kier molecular flexibility index (Phi) is 6.03. The van der Waals surface area contributed by atoms with Crippen LogP contribution in [0.1, 0.15) is 5.56 Å². The summed E-state index contributed by atoms with van der Waals surface area (Å²) in [5, 5.41) is 10.6. The van der Waals surface area contributed by atoms with Crippen molar-refractivity contribution >= 4 is 17.9 Å². The number of hydrogen-bond donors (Lipinski definition) is 2. The molecule has 2 heterocycles. The lowest BCUT2D eigenvalue weighted by Gasteiger charge is -2.34. The number of hydrogen-bond acceptors (Lipinski definition) is 6. The first kappa shape index (κ1) is 18.4. The Labute approximate surface area is 156 Å². The quantitative estimate of drug-likeness (QED) is 0.779. The van der Waals surface area contributed by atoms with Crippen molar-refractivity contribution in [1.82, 2.24) is 20.2 Å². The molecule has 1 saturated heterocycles. The number of nitrogens with one attached hydrogen (secondary N) is 1. The minimum Gasteiger partial charge on any atom is -0.486 e. The number of carboxylic acid groups (broad SMARTS) is 1. The Morgan fingerprint density at radius 2 is 1.74 bits per heavy atom. The van der Waals surface area contributed by atoms with Crippen LogP contribution < -0.4 is 15.0 Å². The Bertz CT molecular complexity index is 761. The van der Waals surface area contributed by atoms with Crippen LogP contribution in [0.15, 0.2) is 42.7 Å². The summed E-state index contributed by atoms with van der Waals surface area (Å²) in [5.41, 5.74) is 1.07. The predicted molar refractivity (Wildman–Crippen MR) is 97.6 cm³/mol. The van der Waals surface area contributed by atoms with Gasteiger partial charge in [-0.25, -0.2) is 14.8 Å². The topological polar surface area (TPSA) is 108 Å². The zero-order valence-corrected chi connectivity index (χ0v) is 14.7. The molecule has 1 aromatic heterocycles. The summed E-state index contributed by atoms with van der Waals surface area (Å²) >= 11 is 0. The highest BCUT2D eigenvalue weighted by molar-refractivity contribution is 5.82. The van der Waals surface area contributed by atoms with Crippen molar-refractivity contribution in [3.05, 3.63) is 48.3 Å². The first-order valence-corrected chi connectivity index (χ1v) is 8.60. The normalized spacial score (nSPS) is 13.9. The molecule has 2 aromatic rings. The van der Waals surface area contributed by atoms with E-state index in [-0.39, 0.29) is 12.5 Å². The molecule has 1 aliphatic rings. The van der Waals surface area contributed by atoms with Gasteiger partial charge in [-0.05, 0) is 5.56 Å². The number of amides is 2. The average molecular weight is 371 g/mol. The number of anilines is 1. The van der Waals surface area contributed by atoms with Crippen LogP contribution in [0.25, 0.3) is 0 Å². The van der Waals surface area contributed by atoms with E-state index in [1.807, 2.05) is 35.2 Å². The highest BCUT2D eigenvalue weighted by Gasteiger charge is 2.22. The van der Waals surface area contributed by atoms with E-state index in [0.717, 1.165) is 5.56 Å². The summed E-state index contributed by atoms with van der Waals surface area (Å²) in [6.45, 7) is 2.41. The van der Waals surface area contributed by atoms with Crippen LogP contribution in [0.2, 0.25) is 0 Å². The third kappa shape index (κ3) is 5.30. The molecule has 1 aromatic carbocycles. The molecule has 2 amide bonds. The fraction of sp³-hybridized carbons (Fsp3) is 0.333. The second-order valence-electron chi connectivity index (χ2n) is 6.02. The first-order chi connectivity index (χ1) is 13.1. The van der Waals surface area contributed by atoms with Crippen molar-refractivity contribution in [3.8, 4) is 5.75 Å². The number of benzene rings is 1. The van der Waals surface area contributed by atoms with E-state index in [4.69, 9.17) is 9.84 Å². The van der Waals surface area contributed by atoms with Crippen molar-refractivity contribution in [2.45, 2.75) is 6.61 Å². The van der Waals surface area contributed by atoms with Gasteiger partial charge in [-0.2, -0.15) is 0 Å². The lowest BCUT2D eigenvalue weighted by atomic mass is 10.2. The molecule has 0 saturated carbocycles. The monoisotopic (exact) mass is 371 g/mol. The van der Waals surface area contributed by atoms with E-state index < -0.39 is 6.09 Å². The molecule has 142 valence electrons. The van der Waals surface area contributed by atoms with Gasteiger partial charge >= 0.3 is 6.09 Å². The summed E-state index contributed by atoms with van der Waals surface area (Å²) in [4.78, 5) is 34.7. The second-order valence-corrected chi connectivity index (χ2v) is 6.02. The summed E-state index contributed by atoms with van der Waals surface area (Å²) in [6, 6.07) is 9.85. The van der Waals surface area contributed by atoms with Gasteiger partial charge in [0.2, 0.25) is 11.9 Å². The number of carbonyl (C=O) groups excluding carboxylic acids is 1. The van der Waals surface area contributed by atoms with Gasteiger partial charge in [0.1, 0.15) is 13.2 Å². The molecule has 2 N–H and O–H groups in total. The minimum atomic E-state index is -1.20. The van der Waals surface area contributed by atoms with Gasteiger partial charge < -0.3 is 25.0 Å². The predicted octanol–water partition coefficient (Wildman–Crippen LogP) is 0.972. The van der Waals surface area contributed by atoms with Crippen molar-refractivity contribution in [2.75, 3.05) is 37.6 Å². The lowest BCUT2D eigenvalue weighted by molar-refractivity contribution is -0.130. The van der Waals surface area contributed by atoms with Gasteiger partial charge in [0.15, 0.2) is 5.75 Å². The number of piperazine rings is 1. The molecule has 1 aliphatic heterocycles. The maximum absolute atomic E-state index is 11.9. The van der Waals surface area contributed by atoms with Gasteiger partial charge in [-0.1, -0.05) is 30.3 Å². The van der Waals surface area contributed by atoms with Crippen LogP contribution in [-0.4, -0.2) is 64.7 Å². The van der Waals surface area contributed by atoms with Crippen LogP contribution >= 0.6 is 0 Å². The van der Waals surface area contributed by atoms with Crippen molar-refractivity contribution in [1.29, 1.82) is 0 Å². The van der Waals surface area contributed by atoms with E-state index in [1.54, 1.807) is 17.3 Å². The van der Waals surface area contributed by atoms with Gasteiger partial charge in [-0.15, -0.1) is 0 Å². The standard InChI is InChI=1S/C18H21N5O4/c24-16(12-21-18(25)26)22-6-8-23(9-7-22)17-19-10-15(11-20-17)27-13-14-4-2-1-3-5-14/h1-5,10-11,21H,6-9,12-13H2,(H,25,26). The maximum atomic E-state index is 11.9. The number of ether oxygens (including phenoxy) is 1. The van der Waals surface area contributed by atoms with Gasteiger partial charge in [0.05, 0.1) is 12.4 Å².